The number of amides is 2. The third-order valence-corrected chi connectivity index (χ3v) is 5.72. The van der Waals surface area contributed by atoms with Crippen LogP contribution in [0.4, 0.5) is 0 Å². The molecule has 1 aliphatic rings. The molecule has 170 valence electrons. The molecule has 0 spiro atoms. The second-order valence-electron chi connectivity index (χ2n) is 8.09. The monoisotopic (exact) mass is 439 g/mol. The van der Waals surface area contributed by atoms with E-state index in [0.29, 0.717) is 38.5 Å². The summed E-state index contributed by atoms with van der Waals surface area (Å²) in [7, 11) is 1.66. The molecule has 2 aromatic heterocycles. The highest BCUT2D eigenvalue weighted by Gasteiger charge is 2.28. The number of nitriles is 1. The van der Waals surface area contributed by atoms with E-state index in [0.717, 1.165) is 17.0 Å². The van der Waals surface area contributed by atoms with Gasteiger partial charge >= 0.3 is 0 Å². The first-order chi connectivity index (χ1) is 15.3. The van der Waals surface area contributed by atoms with E-state index in [1.807, 2.05) is 19.9 Å². The summed E-state index contributed by atoms with van der Waals surface area (Å²) in [6.45, 7) is 9.78. The maximum Gasteiger partial charge on any atom is 0.292 e. The van der Waals surface area contributed by atoms with Gasteiger partial charge in [0.05, 0.1) is 18.3 Å². The molecule has 0 saturated carbocycles. The Morgan fingerprint density at radius 1 is 1.22 bits per heavy atom. The van der Waals surface area contributed by atoms with Gasteiger partial charge in [-0.2, -0.15) is 5.26 Å². The van der Waals surface area contributed by atoms with E-state index in [2.05, 4.69) is 22.7 Å². The molecule has 0 bridgehead atoms. The fourth-order valence-electron chi connectivity index (χ4n) is 4.14. The minimum atomic E-state index is -0.329. The van der Waals surface area contributed by atoms with E-state index >= 15 is 0 Å². The van der Waals surface area contributed by atoms with Crippen LogP contribution >= 0.6 is 0 Å². The van der Waals surface area contributed by atoms with Gasteiger partial charge in [0.25, 0.3) is 11.8 Å². The van der Waals surface area contributed by atoms with Crippen LogP contribution in [0.25, 0.3) is 6.08 Å². The molecule has 0 N–H and O–H groups in total. The quantitative estimate of drug-likeness (QED) is 0.506. The van der Waals surface area contributed by atoms with Crippen molar-refractivity contribution in [2.75, 3.05) is 39.9 Å². The van der Waals surface area contributed by atoms with Gasteiger partial charge in [-0.3, -0.25) is 9.59 Å². The third-order valence-electron chi connectivity index (χ3n) is 5.72. The first kappa shape index (κ1) is 23.3. The molecule has 2 amide bonds. The number of aryl methyl sites for hydroxylation is 2. The SMILES string of the molecule is COCC(C)n1c(C)cc(/C=C(/C#N)C(=O)N2CCN(C(=O)c3cc(C)no3)CC2)c1C. The molecular formula is C23H29N5O4. The molecule has 1 unspecified atom stereocenters. The van der Waals surface area contributed by atoms with Crippen LogP contribution in [0.1, 0.15) is 46.2 Å². The minimum Gasteiger partial charge on any atom is -0.383 e. The largest absolute Gasteiger partial charge is 0.383 e. The summed E-state index contributed by atoms with van der Waals surface area (Å²) in [5.41, 5.74) is 3.57. The molecular weight excluding hydrogens is 410 g/mol. The molecule has 1 fully saturated rings. The van der Waals surface area contributed by atoms with Crippen LogP contribution in [0.2, 0.25) is 0 Å². The Hall–Kier alpha value is -3.38. The van der Waals surface area contributed by atoms with Gasteiger partial charge < -0.3 is 23.6 Å². The maximum absolute atomic E-state index is 13.0. The van der Waals surface area contributed by atoms with Crippen molar-refractivity contribution in [3.63, 3.8) is 0 Å². The summed E-state index contributed by atoms with van der Waals surface area (Å²) in [6, 6.07) is 5.77. The lowest BCUT2D eigenvalue weighted by Crippen LogP contribution is -2.50. The van der Waals surface area contributed by atoms with E-state index in [9.17, 15) is 14.9 Å². The molecule has 1 atom stereocenters. The van der Waals surface area contributed by atoms with Crippen molar-refractivity contribution in [1.82, 2.24) is 19.5 Å². The van der Waals surface area contributed by atoms with Crippen LogP contribution in [0.3, 0.4) is 0 Å². The third kappa shape index (κ3) is 4.75. The highest BCUT2D eigenvalue weighted by molar-refractivity contribution is 6.02. The van der Waals surface area contributed by atoms with Crippen molar-refractivity contribution >= 4 is 17.9 Å². The lowest BCUT2D eigenvalue weighted by Gasteiger charge is -2.34. The van der Waals surface area contributed by atoms with Crippen molar-refractivity contribution in [3.8, 4) is 6.07 Å². The van der Waals surface area contributed by atoms with E-state index in [4.69, 9.17) is 9.26 Å². The summed E-state index contributed by atoms with van der Waals surface area (Å²) < 4.78 is 12.5. The number of aromatic nitrogens is 2. The Bertz CT molecular complexity index is 1070. The molecule has 0 aliphatic carbocycles. The molecule has 3 heterocycles. The second-order valence-corrected chi connectivity index (χ2v) is 8.09. The summed E-state index contributed by atoms with van der Waals surface area (Å²) in [6.07, 6.45) is 1.65. The predicted octanol–water partition coefficient (Wildman–Crippen LogP) is 2.50. The number of carbonyl (C=O) groups is 2. The number of nitrogens with zero attached hydrogens (tertiary/aromatic N) is 5. The topological polar surface area (TPSA) is 105 Å². The van der Waals surface area contributed by atoms with Gasteiger partial charge in [0, 0.05) is 50.7 Å². The van der Waals surface area contributed by atoms with Crippen molar-refractivity contribution < 1.29 is 18.8 Å². The average molecular weight is 440 g/mol. The van der Waals surface area contributed by atoms with E-state index in [1.54, 1.807) is 36.0 Å². The van der Waals surface area contributed by atoms with Crippen LogP contribution in [0.15, 0.2) is 22.2 Å². The Labute approximate surface area is 187 Å². The number of piperazine rings is 1. The number of ether oxygens (including phenoxy) is 1. The highest BCUT2D eigenvalue weighted by Crippen LogP contribution is 2.23. The number of methoxy groups -OCH3 is 1. The summed E-state index contributed by atoms with van der Waals surface area (Å²) in [5, 5.41) is 13.4. The van der Waals surface area contributed by atoms with E-state index < -0.39 is 0 Å². The number of hydrogen-bond donors (Lipinski definition) is 0. The molecule has 1 aliphatic heterocycles. The first-order valence-corrected chi connectivity index (χ1v) is 10.6. The molecule has 9 heteroatoms. The van der Waals surface area contributed by atoms with E-state index in [1.165, 1.54) is 0 Å². The van der Waals surface area contributed by atoms with Gasteiger partial charge in [-0.1, -0.05) is 5.16 Å². The van der Waals surface area contributed by atoms with Crippen molar-refractivity contribution in [3.05, 3.63) is 46.1 Å². The van der Waals surface area contributed by atoms with Crippen LogP contribution in [0, 0.1) is 32.1 Å². The molecule has 2 aromatic rings. The van der Waals surface area contributed by atoms with Crippen LogP contribution in [-0.4, -0.2) is 71.2 Å². The minimum absolute atomic E-state index is 0.0790. The summed E-state index contributed by atoms with van der Waals surface area (Å²) in [4.78, 5) is 28.7. The van der Waals surface area contributed by atoms with E-state index in [-0.39, 0.29) is 29.2 Å². The van der Waals surface area contributed by atoms with Gasteiger partial charge in [-0.05, 0) is 45.4 Å². The predicted molar refractivity (Wildman–Crippen MR) is 118 cm³/mol. The van der Waals surface area contributed by atoms with Gasteiger partial charge in [-0.15, -0.1) is 0 Å². The lowest BCUT2D eigenvalue weighted by atomic mass is 10.1. The van der Waals surface area contributed by atoms with Gasteiger partial charge in [0.2, 0.25) is 5.76 Å². The average Bonchev–Trinajstić information content (AvgIpc) is 3.33. The number of rotatable bonds is 6. The molecule has 3 rings (SSSR count). The number of hydrogen-bond acceptors (Lipinski definition) is 6. The first-order valence-electron chi connectivity index (χ1n) is 10.6. The highest BCUT2D eigenvalue weighted by atomic mass is 16.5. The van der Waals surface area contributed by atoms with Gasteiger partial charge in [0.15, 0.2) is 0 Å². The Morgan fingerprint density at radius 3 is 2.44 bits per heavy atom. The van der Waals surface area contributed by atoms with Crippen LogP contribution in [0.5, 0.6) is 0 Å². The smallest absolute Gasteiger partial charge is 0.292 e. The summed E-state index contributed by atoms with van der Waals surface area (Å²) >= 11 is 0. The zero-order chi connectivity index (χ0) is 23.4. The zero-order valence-corrected chi connectivity index (χ0v) is 19.2. The van der Waals surface area contributed by atoms with Gasteiger partial charge in [0.1, 0.15) is 11.6 Å². The Kier molecular flexibility index (Phi) is 7.15. The van der Waals surface area contributed by atoms with Crippen molar-refractivity contribution in [2.24, 2.45) is 0 Å². The fourth-order valence-corrected chi connectivity index (χ4v) is 4.14. The van der Waals surface area contributed by atoms with Crippen molar-refractivity contribution in [2.45, 2.75) is 33.7 Å². The lowest BCUT2D eigenvalue weighted by molar-refractivity contribution is -0.128. The Balaban J connectivity index is 1.71. The number of carbonyl (C=O) groups excluding carboxylic acids is 2. The molecule has 0 aromatic carbocycles. The molecule has 1 saturated heterocycles. The standard InChI is InChI=1S/C23H29N5O4/c1-15-10-21(32-25-15)23(30)27-8-6-26(7-9-27)22(29)20(13-24)12-19-11-16(2)28(18(19)4)17(3)14-31-5/h10-12,17H,6-9,14H2,1-5H3/b20-12-. The Morgan fingerprint density at radius 2 is 1.88 bits per heavy atom. The molecule has 32 heavy (non-hydrogen) atoms. The van der Waals surface area contributed by atoms with Crippen LogP contribution < -0.4 is 0 Å². The summed E-state index contributed by atoms with van der Waals surface area (Å²) in [5.74, 6) is -0.380. The van der Waals surface area contributed by atoms with Gasteiger partial charge in [-0.25, -0.2) is 0 Å². The second kappa shape index (κ2) is 9.83. The zero-order valence-electron chi connectivity index (χ0n) is 19.2. The fraction of sp³-hybridized carbons (Fsp3) is 0.478. The molecule has 0 radical (unpaired) electrons. The normalized spacial score (nSPS) is 15.6. The van der Waals surface area contributed by atoms with Crippen LogP contribution in [-0.2, 0) is 9.53 Å². The maximum atomic E-state index is 13.0. The van der Waals surface area contributed by atoms with Crippen molar-refractivity contribution in [1.29, 1.82) is 5.26 Å². The molecule has 9 nitrogen and oxygen atoms in total.